The number of nitrogen functional groups attached to an aromatic ring is 1. The molecule has 68 heavy (non-hydrogen) atoms. The zero-order chi connectivity index (χ0) is 48.0. The fraction of sp³-hybridized carbons (Fsp3) is 0.189. The third-order valence-electron chi connectivity index (χ3n) is 13.2. The maximum Gasteiger partial charge on any atom is 0.471 e. The summed E-state index contributed by atoms with van der Waals surface area (Å²) in [6.45, 7) is 2.05. The third-order valence-corrected chi connectivity index (χ3v) is 13.2. The normalized spacial score (nSPS) is 16.1. The van der Waals surface area contributed by atoms with Crippen LogP contribution in [-0.2, 0) is 15.0 Å². The maximum atomic E-state index is 14.3. The van der Waals surface area contributed by atoms with Gasteiger partial charge in [-0.25, -0.2) is 0 Å². The Kier molecular flexibility index (Phi) is 10.4. The lowest BCUT2D eigenvalue weighted by Crippen LogP contribution is -2.44. The zero-order valence-electron chi connectivity index (χ0n) is 36.7. The van der Waals surface area contributed by atoms with E-state index in [9.17, 15) is 41.0 Å². The summed E-state index contributed by atoms with van der Waals surface area (Å²) < 4.78 is 90.8. The zero-order valence-corrected chi connectivity index (χ0v) is 36.7. The van der Waals surface area contributed by atoms with Crippen LogP contribution in [0.4, 0.5) is 49.1 Å². The van der Waals surface area contributed by atoms with Crippen LogP contribution in [-0.4, -0.2) is 61.6 Å². The first-order chi connectivity index (χ1) is 32.4. The molecule has 15 heteroatoms. The van der Waals surface area contributed by atoms with Crippen LogP contribution in [0.5, 0.6) is 5.75 Å². The van der Waals surface area contributed by atoms with Crippen molar-refractivity contribution in [2.24, 2.45) is 0 Å². The molecule has 0 spiro atoms. The summed E-state index contributed by atoms with van der Waals surface area (Å²) in [7, 11) is 3.86. The van der Waals surface area contributed by atoms with E-state index in [2.05, 4.69) is 5.32 Å². The van der Waals surface area contributed by atoms with Crippen molar-refractivity contribution in [2.45, 2.75) is 37.0 Å². The number of carbonyl (C=O) groups excluding carboxylic acids is 2. The number of benzene rings is 7. The van der Waals surface area contributed by atoms with Gasteiger partial charge in [-0.05, 0) is 150 Å². The Labute approximate surface area is 385 Å². The predicted molar refractivity (Wildman–Crippen MR) is 251 cm³/mol. The van der Waals surface area contributed by atoms with E-state index in [0.29, 0.717) is 67.5 Å². The summed E-state index contributed by atoms with van der Waals surface area (Å²) in [5.74, 6) is -4.63. The first-order valence-electron chi connectivity index (χ1n) is 21.7. The molecule has 2 atom stereocenters. The van der Waals surface area contributed by atoms with Crippen molar-refractivity contribution in [1.82, 2.24) is 4.98 Å². The van der Waals surface area contributed by atoms with Crippen molar-refractivity contribution >= 4 is 66.9 Å². The van der Waals surface area contributed by atoms with E-state index >= 15 is 0 Å². The molecule has 0 radical (unpaired) electrons. The maximum absolute atomic E-state index is 14.3. The monoisotopic (exact) mass is 925 g/mol. The Balaban J connectivity index is 1.40. The molecular formula is C53H41F6N5O4. The molecule has 5 N–H and O–H groups in total. The van der Waals surface area contributed by atoms with Gasteiger partial charge in [-0.15, -0.1) is 0 Å². The van der Waals surface area contributed by atoms with Gasteiger partial charge in [0.2, 0.25) is 0 Å². The third kappa shape index (κ3) is 6.94. The Morgan fingerprint density at radius 3 is 2.21 bits per heavy atom. The van der Waals surface area contributed by atoms with Crippen LogP contribution in [0.3, 0.4) is 0 Å². The van der Waals surface area contributed by atoms with E-state index < -0.39 is 35.5 Å². The fourth-order valence-electron chi connectivity index (χ4n) is 10.4. The van der Waals surface area contributed by atoms with Gasteiger partial charge < -0.3 is 31.1 Å². The molecular weight excluding hydrogens is 885 g/mol. The number of nitrogens with zero attached hydrogens (tertiary/aromatic N) is 2. The van der Waals surface area contributed by atoms with Crippen LogP contribution in [0.15, 0.2) is 121 Å². The van der Waals surface area contributed by atoms with Crippen LogP contribution < -0.4 is 26.0 Å². The molecule has 11 rings (SSSR count). The first-order valence-corrected chi connectivity index (χ1v) is 21.7. The second-order valence-corrected chi connectivity index (χ2v) is 17.4. The van der Waals surface area contributed by atoms with Crippen LogP contribution >= 0.6 is 0 Å². The van der Waals surface area contributed by atoms with Gasteiger partial charge in [0, 0.05) is 67.6 Å². The second kappa shape index (κ2) is 16.0. The SMILES string of the molecule is Cc1ccc(C23c4cc(N)ccc4C(c4ccc(NC(=O)C(F)(F)F)cc42)c2cccc(NC(=O)C(F)(F)F)c23)c2c1ccc1cc(-c3cc(N(C)C)ccn3)c3ccc(OCCCO)cc3c12. The number of carbonyl (C=O) groups is 2. The van der Waals surface area contributed by atoms with E-state index in [1.165, 1.54) is 18.2 Å². The highest BCUT2D eigenvalue weighted by molar-refractivity contribution is 6.25. The number of pyridine rings is 1. The number of aryl methyl sites for hydroxylation is 1. The van der Waals surface area contributed by atoms with Crippen molar-refractivity contribution in [3.8, 4) is 17.0 Å². The van der Waals surface area contributed by atoms with Crippen molar-refractivity contribution in [2.75, 3.05) is 48.6 Å². The molecule has 0 saturated carbocycles. The molecule has 8 aromatic rings. The highest BCUT2D eigenvalue weighted by atomic mass is 19.4. The lowest BCUT2D eigenvalue weighted by Gasteiger charge is -2.52. The number of halogens is 6. The molecule has 2 unspecified atom stereocenters. The van der Waals surface area contributed by atoms with Gasteiger partial charge in [-0.2, -0.15) is 26.3 Å². The van der Waals surface area contributed by atoms with Crippen LogP contribution in [0.2, 0.25) is 0 Å². The summed E-state index contributed by atoms with van der Waals surface area (Å²) in [5, 5.41) is 18.1. The quantitative estimate of drug-likeness (QED) is 0.0491. The highest BCUT2D eigenvalue weighted by Gasteiger charge is 2.55. The summed E-state index contributed by atoms with van der Waals surface area (Å²) in [6, 6.07) is 33.7. The second-order valence-electron chi connectivity index (χ2n) is 17.4. The summed E-state index contributed by atoms with van der Waals surface area (Å²) >= 11 is 0. The summed E-state index contributed by atoms with van der Waals surface area (Å²) in [5.41, 5.74) is 11.6. The molecule has 1 heterocycles. The van der Waals surface area contributed by atoms with Gasteiger partial charge in [0.25, 0.3) is 0 Å². The van der Waals surface area contributed by atoms with Gasteiger partial charge in [0.15, 0.2) is 0 Å². The van der Waals surface area contributed by atoms with E-state index in [1.54, 1.807) is 36.5 Å². The number of alkyl halides is 6. The first kappa shape index (κ1) is 44.2. The summed E-state index contributed by atoms with van der Waals surface area (Å²) in [6.07, 6.45) is -8.44. The van der Waals surface area contributed by atoms with Crippen molar-refractivity contribution in [3.63, 3.8) is 0 Å². The predicted octanol–water partition coefficient (Wildman–Crippen LogP) is 11.1. The molecule has 0 fully saturated rings. The van der Waals surface area contributed by atoms with Crippen LogP contribution in [0, 0.1) is 6.92 Å². The standard InChI is InChI=1S/C53H41F6N5O4/c1-27-8-17-40(47-33(27)13-9-28-22-38(44-25-31(64(2)3)18-19-61-44)34-16-12-32(68-21-5-20-65)26-39(34)45(28)47)51-41-23-29(60)10-14-35(41)46(36-15-11-30(24-42(36)51)62-49(66)52(54,55)56)37-6-4-7-43(48(37)51)63-50(67)53(57,58)59/h4,6-19,22-26,46,65H,5,20-21,60H2,1-3H3,(H,62,66)(H,63,67). The number of aliphatic hydroxyl groups is 1. The number of fused-ring (bicyclic) bond motifs is 5. The number of hydrogen-bond acceptors (Lipinski definition) is 7. The molecule has 0 saturated heterocycles. The number of amides is 2. The van der Waals surface area contributed by atoms with Gasteiger partial charge >= 0.3 is 24.2 Å². The smallest absolute Gasteiger partial charge is 0.471 e. The topological polar surface area (TPSA) is 130 Å². The van der Waals surface area contributed by atoms with E-state index in [4.69, 9.17) is 15.5 Å². The van der Waals surface area contributed by atoms with Gasteiger partial charge in [-0.3, -0.25) is 14.6 Å². The number of anilines is 4. The minimum absolute atomic E-state index is 0.0906. The Bertz CT molecular complexity index is 3420. The number of aliphatic hydroxyl groups excluding tert-OH is 1. The van der Waals surface area contributed by atoms with E-state index in [1.807, 2.05) is 98.0 Å². The molecule has 1 aromatic heterocycles. The molecule has 3 aliphatic carbocycles. The Hall–Kier alpha value is -7.65. The van der Waals surface area contributed by atoms with Crippen molar-refractivity contribution in [1.29, 1.82) is 0 Å². The summed E-state index contributed by atoms with van der Waals surface area (Å²) in [4.78, 5) is 32.4. The molecule has 3 aliphatic rings. The number of nitrogens with one attached hydrogen (secondary N) is 2. The number of ether oxygens (including phenoxy) is 1. The Morgan fingerprint density at radius 2 is 1.47 bits per heavy atom. The Morgan fingerprint density at radius 1 is 0.750 bits per heavy atom. The molecule has 344 valence electrons. The minimum Gasteiger partial charge on any atom is -0.493 e. The lowest BCUT2D eigenvalue weighted by molar-refractivity contribution is -0.167. The molecule has 7 aromatic carbocycles. The molecule has 9 nitrogen and oxygen atoms in total. The van der Waals surface area contributed by atoms with Crippen LogP contribution in [0.25, 0.3) is 43.6 Å². The van der Waals surface area contributed by atoms with E-state index in [-0.39, 0.29) is 30.2 Å². The van der Waals surface area contributed by atoms with Crippen molar-refractivity contribution in [3.05, 3.63) is 166 Å². The average Bonchev–Trinajstić information content (AvgIpc) is 3.30. The fourth-order valence-corrected chi connectivity index (χ4v) is 10.4. The lowest BCUT2D eigenvalue weighted by atomic mass is 9.50. The number of nitrogens with two attached hydrogens (primary N) is 1. The van der Waals surface area contributed by atoms with E-state index in [0.717, 1.165) is 38.5 Å². The van der Waals surface area contributed by atoms with Gasteiger partial charge in [0.05, 0.1) is 17.7 Å². The van der Waals surface area contributed by atoms with Gasteiger partial charge in [0.1, 0.15) is 5.75 Å². The molecule has 2 amide bonds. The van der Waals surface area contributed by atoms with Crippen LogP contribution in [0.1, 0.15) is 56.8 Å². The van der Waals surface area contributed by atoms with Crippen molar-refractivity contribution < 1.29 is 45.8 Å². The molecule has 2 bridgehead atoms. The highest BCUT2D eigenvalue weighted by Crippen LogP contribution is 2.65. The number of hydrogen-bond donors (Lipinski definition) is 4. The average molecular weight is 926 g/mol. The number of aromatic nitrogens is 1. The number of rotatable bonds is 9. The molecule has 0 aliphatic heterocycles. The minimum atomic E-state index is -5.29. The largest absolute Gasteiger partial charge is 0.493 e. The van der Waals surface area contributed by atoms with Gasteiger partial charge in [-0.1, -0.05) is 48.5 Å².